The highest BCUT2D eigenvalue weighted by Crippen LogP contribution is 2.40. The van der Waals surface area contributed by atoms with Crippen molar-refractivity contribution in [2.24, 2.45) is 5.16 Å². The van der Waals surface area contributed by atoms with E-state index in [9.17, 15) is 4.79 Å². The fraction of sp³-hybridized carbons (Fsp3) is 0.600. The number of carbonyl (C=O) groups excluding carboxylic acids is 1. The minimum atomic E-state index is -0.295. The molecule has 1 saturated heterocycles. The van der Waals surface area contributed by atoms with E-state index in [4.69, 9.17) is 5.21 Å². The van der Waals surface area contributed by atoms with Crippen LogP contribution >= 0.6 is 23.5 Å². The van der Waals surface area contributed by atoms with Gasteiger partial charge in [-0.1, -0.05) is 23.5 Å². The number of nitrogens with zero attached hydrogens (tertiary/aromatic N) is 1. The molecule has 0 unspecified atom stereocenters. The quantitative estimate of drug-likeness (QED) is 0.377. The van der Waals surface area contributed by atoms with Crippen LogP contribution in [0.15, 0.2) is 5.16 Å². The minimum absolute atomic E-state index is 0.0994. The third kappa shape index (κ3) is 1.67. The summed E-state index contributed by atoms with van der Waals surface area (Å²) < 4.78 is -0.196. The Hall–Kier alpha value is -0.160. The molecular formula is C5H7NO2S2. The lowest BCUT2D eigenvalue weighted by Gasteiger charge is -2.10. The maximum Gasteiger partial charge on any atom is 0.247 e. The van der Waals surface area contributed by atoms with E-state index >= 15 is 0 Å². The van der Waals surface area contributed by atoms with Gasteiger partial charge in [-0.25, -0.2) is 0 Å². The van der Waals surface area contributed by atoms with E-state index in [0.29, 0.717) is 5.75 Å². The van der Waals surface area contributed by atoms with Crippen molar-refractivity contribution in [2.45, 2.75) is 11.7 Å². The van der Waals surface area contributed by atoms with Crippen LogP contribution in [-0.2, 0) is 0 Å². The van der Waals surface area contributed by atoms with E-state index in [1.807, 2.05) is 6.92 Å². The van der Waals surface area contributed by atoms with Crippen LogP contribution < -0.4 is 0 Å². The van der Waals surface area contributed by atoms with Crippen molar-refractivity contribution in [3.05, 3.63) is 0 Å². The lowest BCUT2D eigenvalue weighted by atomic mass is 10.2. The summed E-state index contributed by atoms with van der Waals surface area (Å²) in [5.41, 5.74) is 0. The molecule has 3 nitrogen and oxygen atoms in total. The number of hydrogen-bond acceptors (Lipinski definition) is 5. The average Bonchev–Trinajstić information content (AvgIpc) is 2.12. The summed E-state index contributed by atoms with van der Waals surface area (Å²) in [4.78, 5) is 10.7. The number of rotatable bonds is 1. The largest absolute Gasteiger partial charge is 0.411 e. The van der Waals surface area contributed by atoms with Crippen LogP contribution in [0.25, 0.3) is 0 Å². The first-order chi connectivity index (χ1) is 4.66. The molecule has 0 radical (unpaired) electrons. The lowest BCUT2D eigenvalue weighted by Crippen LogP contribution is -2.21. The van der Waals surface area contributed by atoms with Gasteiger partial charge in [-0.2, -0.15) is 0 Å². The topological polar surface area (TPSA) is 49.7 Å². The highest BCUT2D eigenvalue weighted by Gasteiger charge is 2.34. The van der Waals surface area contributed by atoms with Crippen LogP contribution in [-0.4, -0.2) is 26.4 Å². The van der Waals surface area contributed by atoms with Crippen molar-refractivity contribution in [1.82, 2.24) is 0 Å². The number of hydrogen-bond donors (Lipinski definition) is 1. The van der Waals surface area contributed by atoms with Crippen molar-refractivity contribution < 1.29 is 10.0 Å². The first-order valence-electron chi connectivity index (χ1n) is 2.71. The zero-order valence-electron chi connectivity index (χ0n) is 5.40. The van der Waals surface area contributed by atoms with Crippen molar-refractivity contribution in [1.29, 1.82) is 0 Å². The summed E-state index contributed by atoms with van der Waals surface area (Å²) in [5, 5.41) is 11.1. The van der Waals surface area contributed by atoms with E-state index in [2.05, 4.69) is 5.16 Å². The maximum absolute atomic E-state index is 10.7. The first-order valence-corrected chi connectivity index (χ1v) is 4.51. The van der Waals surface area contributed by atoms with E-state index in [0.717, 1.165) is 0 Å². The molecular weight excluding hydrogens is 170 g/mol. The van der Waals surface area contributed by atoms with Gasteiger partial charge in [0.15, 0.2) is 0 Å². The number of carbonyl (C=O) groups is 1. The van der Waals surface area contributed by atoms with E-state index in [-0.39, 0.29) is 9.19 Å². The molecule has 5 heteroatoms. The Morgan fingerprint density at radius 1 is 1.90 bits per heavy atom. The minimum Gasteiger partial charge on any atom is -0.411 e. The number of thioether (sulfide) groups is 2. The Bertz CT molecular complexity index is 182. The Morgan fingerprint density at radius 3 is 3.00 bits per heavy atom. The highest BCUT2D eigenvalue weighted by molar-refractivity contribution is 8.42. The van der Waals surface area contributed by atoms with Gasteiger partial charge in [0, 0.05) is 5.75 Å². The molecule has 1 aliphatic heterocycles. The molecule has 0 spiro atoms. The highest BCUT2D eigenvalue weighted by atomic mass is 32.2. The summed E-state index contributed by atoms with van der Waals surface area (Å²) in [7, 11) is 0. The molecule has 1 aliphatic rings. The second-order valence-corrected chi connectivity index (χ2v) is 4.91. The van der Waals surface area contributed by atoms with Gasteiger partial charge in [-0.3, -0.25) is 4.79 Å². The summed E-state index contributed by atoms with van der Waals surface area (Å²) >= 11 is 2.47. The van der Waals surface area contributed by atoms with E-state index in [1.54, 1.807) is 0 Å². The Morgan fingerprint density at radius 2 is 2.60 bits per heavy atom. The van der Waals surface area contributed by atoms with Gasteiger partial charge in [0.05, 0.1) is 11.0 Å². The van der Waals surface area contributed by atoms with Crippen molar-refractivity contribution >= 4 is 34.2 Å². The molecule has 1 N–H and O–H groups in total. The van der Waals surface area contributed by atoms with Crippen molar-refractivity contribution in [3.63, 3.8) is 0 Å². The molecule has 0 saturated carbocycles. The molecule has 1 atom stereocenters. The van der Waals surface area contributed by atoms with E-state index in [1.165, 1.54) is 29.7 Å². The van der Waals surface area contributed by atoms with Gasteiger partial charge in [-0.15, -0.1) is 5.16 Å². The molecule has 0 aromatic rings. The molecule has 0 aromatic heterocycles. The summed E-state index contributed by atoms with van der Waals surface area (Å²) in [6.45, 7) is 1.87. The second-order valence-electron chi connectivity index (χ2n) is 2.20. The predicted octanol–water partition coefficient (Wildman–Crippen LogP) is 1.81. The molecule has 10 heavy (non-hydrogen) atoms. The third-order valence-electron chi connectivity index (χ3n) is 1.12. The molecule has 0 amide bonds. The number of oxime groups is 1. The van der Waals surface area contributed by atoms with Gasteiger partial charge in [0.1, 0.15) is 0 Å². The molecule has 0 aromatic carbocycles. The second kappa shape index (κ2) is 2.84. The zero-order chi connectivity index (χ0) is 7.61. The average molecular weight is 177 g/mol. The van der Waals surface area contributed by atoms with Crippen LogP contribution in [0.3, 0.4) is 0 Å². The summed E-state index contributed by atoms with van der Waals surface area (Å²) in [5.74, 6) is 0.695. The SMILES string of the molecule is C[C@@]1(/C=N/O)CSC(=O)S1. The summed E-state index contributed by atoms with van der Waals surface area (Å²) in [6.07, 6.45) is 1.40. The predicted molar refractivity (Wildman–Crippen MR) is 44.1 cm³/mol. The molecule has 1 fully saturated rings. The van der Waals surface area contributed by atoms with Gasteiger partial charge < -0.3 is 5.21 Å². The standard InChI is InChI=1S/C5H7NO2S2/c1-5(2-6-8)3-9-4(7)10-5/h2,8H,3H2,1H3/b6-2+/t5-/m1/s1. The monoisotopic (exact) mass is 177 g/mol. The Balaban J connectivity index is 2.63. The third-order valence-corrected chi connectivity index (χ3v) is 3.77. The first kappa shape index (κ1) is 7.94. The molecule has 1 rings (SSSR count). The fourth-order valence-corrected chi connectivity index (χ4v) is 2.99. The Labute approximate surface area is 67.2 Å². The van der Waals surface area contributed by atoms with Gasteiger partial charge >= 0.3 is 0 Å². The normalized spacial score (nSPS) is 33.9. The molecule has 0 aliphatic carbocycles. The van der Waals surface area contributed by atoms with Crippen molar-refractivity contribution in [3.8, 4) is 0 Å². The molecule has 56 valence electrons. The lowest BCUT2D eigenvalue weighted by molar-refractivity contribution is 0.277. The molecule has 1 heterocycles. The van der Waals surface area contributed by atoms with Crippen LogP contribution in [0, 0.1) is 0 Å². The smallest absolute Gasteiger partial charge is 0.247 e. The van der Waals surface area contributed by atoms with Crippen LogP contribution in [0.2, 0.25) is 0 Å². The van der Waals surface area contributed by atoms with E-state index < -0.39 is 0 Å². The zero-order valence-corrected chi connectivity index (χ0v) is 7.04. The van der Waals surface area contributed by atoms with Gasteiger partial charge in [0.25, 0.3) is 0 Å². The maximum atomic E-state index is 10.7. The molecule has 0 bridgehead atoms. The van der Waals surface area contributed by atoms with Crippen LogP contribution in [0.5, 0.6) is 0 Å². The van der Waals surface area contributed by atoms with Crippen molar-refractivity contribution in [2.75, 3.05) is 5.75 Å². The Kier molecular flexibility index (Phi) is 2.25. The van der Waals surface area contributed by atoms with Gasteiger partial charge in [-0.05, 0) is 6.92 Å². The van der Waals surface area contributed by atoms with Gasteiger partial charge in [0.2, 0.25) is 4.45 Å². The fourth-order valence-electron chi connectivity index (χ4n) is 0.637. The van der Waals surface area contributed by atoms with Crippen LogP contribution in [0.4, 0.5) is 4.79 Å². The summed E-state index contributed by atoms with van der Waals surface area (Å²) in [6, 6.07) is 0. The van der Waals surface area contributed by atoms with Crippen LogP contribution in [0.1, 0.15) is 6.92 Å².